The smallest absolute Gasteiger partial charge is 0.0406 e. The van der Waals surface area contributed by atoms with E-state index < -0.39 is 0 Å². The molecule has 2 heteroatoms. The van der Waals surface area contributed by atoms with E-state index in [1.165, 1.54) is 16.7 Å². The third-order valence-corrected chi connectivity index (χ3v) is 3.92. The second-order valence-corrected chi connectivity index (χ2v) is 6.02. The molecular formula is C18H22ClN. The zero-order chi connectivity index (χ0) is 14.5. The summed E-state index contributed by atoms with van der Waals surface area (Å²) in [5.41, 5.74) is 3.98. The van der Waals surface area contributed by atoms with Crippen LogP contribution in [0.2, 0.25) is 5.02 Å². The Bertz CT molecular complexity index is 546. The summed E-state index contributed by atoms with van der Waals surface area (Å²) >= 11 is 5.97. The van der Waals surface area contributed by atoms with E-state index in [-0.39, 0.29) is 0 Å². The molecule has 2 aromatic rings. The van der Waals surface area contributed by atoms with Crippen molar-refractivity contribution in [2.24, 2.45) is 5.92 Å². The largest absolute Gasteiger partial charge is 0.306 e. The highest BCUT2D eigenvalue weighted by Gasteiger charge is 2.15. The molecular weight excluding hydrogens is 266 g/mol. The summed E-state index contributed by atoms with van der Waals surface area (Å²) in [6, 6.07) is 17.0. The Morgan fingerprint density at radius 3 is 2.25 bits per heavy atom. The molecule has 1 nitrogen and oxygen atoms in total. The molecule has 0 saturated carbocycles. The Kier molecular flexibility index (Phi) is 5.22. The maximum atomic E-state index is 5.97. The van der Waals surface area contributed by atoms with Crippen LogP contribution in [0.5, 0.6) is 0 Å². The van der Waals surface area contributed by atoms with Gasteiger partial charge in [0.05, 0.1) is 0 Å². The molecule has 1 unspecified atom stereocenters. The molecule has 0 fully saturated rings. The minimum absolute atomic E-state index is 0.340. The fraction of sp³-hybridized carbons (Fsp3) is 0.333. The lowest BCUT2D eigenvalue weighted by atomic mass is 9.95. The normalized spacial score (nSPS) is 12.7. The first-order valence-corrected chi connectivity index (χ1v) is 7.49. The van der Waals surface area contributed by atoms with Crippen LogP contribution in [0.4, 0.5) is 0 Å². The second kappa shape index (κ2) is 6.92. The first kappa shape index (κ1) is 15.1. The van der Waals surface area contributed by atoms with E-state index in [2.05, 4.69) is 62.5 Å². The predicted molar refractivity (Wildman–Crippen MR) is 87.0 cm³/mol. The van der Waals surface area contributed by atoms with Crippen molar-refractivity contribution in [2.75, 3.05) is 0 Å². The molecule has 0 aromatic heterocycles. The fourth-order valence-electron chi connectivity index (χ4n) is 2.44. The van der Waals surface area contributed by atoms with Crippen molar-refractivity contribution in [1.82, 2.24) is 5.32 Å². The summed E-state index contributed by atoms with van der Waals surface area (Å²) in [6.45, 7) is 7.52. The zero-order valence-electron chi connectivity index (χ0n) is 12.4. The van der Waals surface area contributed by atoms with Crippen molar-refractivity contribution in [2.45, 2.75) is 33.4 Å². The van der Waals surface area contributed by atoms with Gasteiger partial charge in [-0.15, -0.1) is 0 Å². The molecule has 0 spiro atoms. The maximum Gasteiger partial charge on any atom is 0.0406 e. The Balaban J connectivity index is 2.11. The molecule has 1 atom stereocenters. The van der Waals surface area contributed by atoms with Crippen LogP contribution in [0.25, 0.3) is 0 Å². The van der Waals surface area contributed by atoms with Crippen molar-refractivity contribution in [1.29, 1.82) is 0 Å². The first-order chi connectivity index (χ1) is 9.58. The average molecular weight is 288 g/mol. The van der Waals surface area contributed by atoms with Crippen LogP contribution >= 0.6 is 11.6 Å². The van der Waals surface area contributed by atoms with Crippen LogP contribution in [0, 0.1) is 12.8 Å². The summed E-state index contributed by atoms with van der Waals surface area (Å²) in [4.78, 5) is 0. The lowest BCUT2D eigenvalue weighted by Crippen LogP contribution is -2.25. The molecule has 0 aliphatic heterocycles. The molecule has 106 valence electrons. The summed E-state index contributed by atoms with van der Waals surface area (Å²) in [6.07, 6.45) is 0. The standard InChI is InChI=1S/C18H22ClN/c1-13(2)18(15-8-10-17(19)11-9-15)20-12-16-7-5-4-6-14(16)3/h4-11,13,18,20H,12H2,1-3H3. The molecule has 0 radical (unpaired) electrons. The quantitative estimate of drug-likeness (QED) is 0.803. The van der Waals surface area contributed by atoms with Gasteiger partial charge in [0.25, 0.3) is 0 Å². The monoisotopic (exact) mass is 287 g/mol. The molecule has 0 aliphatic rings. The summed E-state index contributed by atoms with van der Waals surface area (Å²) < 4.78 is 0. The Labute approximate surface area is 127 Å². The van der Waals surface area contributed by atoms with E-state index >= 15 is 0 Å². The Hall–Kier alpha value is -1.31. The Morgan fingerprint density at radius 1 is 1.00 bits per heavy atom. The number of rotatable bonds is 5. The lowest BCUT2D eigenvalue weighted by molar-refractivity contribution is 0.410. The molecule has 0 bridgehead atoms. The minimum atomic E-state index is 0.340. The van der Waals surface area contributed by atoms with Crippen LogP contribution in [0.3, 0.4) is 0 Å². The van der Waals surface area contributed by atoms with Gasteiger partial charge in [0.1, 0.15) is 0 Å². The molecule has 2 rings (SSSR count). The number of benzene rings is 2. The van der Waals surface area contributed by atoms with Crippen LogP contribution in [-0.4, -0.2) is 0 Å². The third-order valence-electron chi connectivity index (χ3n) is 3.67. The van der Waals surface area contributed by atoms with Gasteiger partial charge in [0, 0.05) is 17.6 Å². The molecule has 0 saturated heterocycles. The van der Waals surface area contributed by atoms with Gasteiger partial charge in [-0.25, -0.2) is 0 Å². The Morgan fingerprint density at radius 2 is 1.65 bits per heavy atom. The fourth-order valence-corrected chi connectivity index (χ4v) is 2.56. The molecule has 0 heterocycles. The van der Waals surface area contributed by atoms with E-state index in [1.807, 2.05) is 12.1 Å². The van der Waals surface area contributed by atoms with Gasteiger partial charge >= 0.3 is 0 Å². The van der Waals surface area contributed by atoms with Gasteiger partial charge in [-0.05, 0) is 41.7 Å². The highest BCUT2D eigenvalue weighted by molar-refractivity contribution is 6.30. The van der Waals surface area contributed by atoms with E-state index in [0.29, 0.717) is 12.0 Å². The van der Waals surface area contributed by atoms with E-state index in [0.717, 1.165) is 11.6 Å². The van der Waals surface area contributed by atoms with Gasteiger partial charge in [-0.2, -0.15) is 0 Å². The van der Waals surface area contributed by atoms with Crippen molar-refractivity contribution in [3.8, 4) is 0 Å². The SMILES string of the molecule is Cc1ccccc1CNC(c1ccc(Cl)cc1)C(C)C. The van der Waals surface area contributed by atoms with E-state index in [4.69, 9.17) is 11.6 Å². The summed E-state index contributed by atoms with van der Waals surface area (Å²) in [7, 11) is 0. The summed E-state index contributed by atoms with van der Waals surface area (Å²) in [5.74, 6) is 0.528. The first-order valence-electron chi connectivity index (χ1n) is 7.11. The molecule has 0 aliphatic carbocycles. The zero-order valence-corrected chi connectivity index (χ0v) is 13.1. The average Bonchev–Trinajstić information content (AvgIpc) is 2.42. The highest BCUT2D eigenvalue weighted by atomic mass is 35.5. The van der Waals surface area contributed by atoms with Gasteiger partial charge in [0.15, 0.2) is 0 Å². The van der Waals surface area contributed by atoms with E-state index in [9.17, 15) is 0 Å². The van der Waals surface area contributed by atoms with Crippen molar-refractivity contribution in [3.63, 3.8) is 0 Å². The van der Waals surface area contributed by atoms with Crippen LogP contribution in [-0.2, 0) is 6.54 Å². The van der Waals surface area contributed by atoms with Gasteiger partial charge in [-0.3, -0.25) is 0 Å². The van der Waals surface area contributed by atoms with Gasteiger partial charge < -0.3 is 5.32 Å². The predicted octanol–water partition coefficient (Wildman–Crippen LogP) is 5.14. The summed E-state index contributed by atoms with van der Waals surface area (Å²) in [5, 5.41) is 4.46. The topological polar surface area (TPSA) is 12.0 Å². The number of hydrogen-bond donors (Lipinski definition) is 1. The van der Waals surface area contributed by atoms with E-state index in [1.54, 1.807) is 0 Å². The molecule has 2 aromatic carbocycles. The highest BCUT2D eigenvalue weighted by Crippen LogP contribution is 2.24. The third kappa shape index (κ3) is 3.84. The molecule has 1 N–H and O–H groups in total. The van der Waals surface area contributed by atoms with Crippen molar-refractivity contribution < 1.29 is 0 Å². The second-order valence-electron chi connectivity index (χ2n) is 5.58. The van der Waals surface area contributed by atoms with Gasteiger partial charge in [0.2, 0.25) is 0 Å². The maximum absolute atomic E-state index is 5.97. The lowest BCUT2D eigenvalue weighted by Gasteiger charge is -2.23. The molecule has 20 heavy (non-hydrogen) atoms. The number of aryl methyl sites for hydroxylation is 1. The van der Waals surface area contributed by atoms with Crippen molar-refractivity contribution >= 4 is 11.6 Å². The number of nitrogens with one attached hydrogen (secondary N) is 1. The van der Waals surface area contributed by atoms with Crippen LogP contribution in [0.15, 0.2) is 48.5 Å². The number of halogens is 1. The molecule has 0 amide bonds. The van der Waals surface area contributed by atoms with Crippen LogP contribution in [0.1, 0.15) is 36.6 Å². The minimum Gasteiger partial charge on any atom is -0.306 e. The van der Waals surface area contributed by atoms with Gasteiger partial charge in [-0.1, -0.05) is 61.8 Å². The number of hydrogen-bond acceptors (Lipinski definition) is 1. The van der Waals surface area contributed by atoms with Crippen molar-refractivity contribution in [3.05, 3.63) is 70.2 Å². The van der Waals surface area contributed by atoms with Crippen LogP contribution < -0.4 is 5.32 Å².